The van der Waals surface area contributed by atoms with E-state index in [0.717, 1.165) is 15.9 Å². The summed E-state index contributed by atoms with van der Waals surface area (Å²) in [4.78, 5) is 0. The molecule has 0 amide bonds. The van der Waals surface area contributed by atoms with E-state index in [4.69, 9.17) is 11.2 Å². The Kier molecular flexibility index (Phi) is 4.63. The van der Waals surface area contributed by atoms with E-state index < -0.39 is 5.96 Å². The van der Waals surface area contributed by atoms with E-state index in [1.807, 2.05) is 91.0 Å². The Hall–Kier alpha value is -2.80. The molecule has 0 aliphatic carbocycles. The van der Waals surface area contributed by atoms with Gasteiger partial charge in [0.1, 0.15) is 0 Å². The molecule has 4 heteroatoms. The summed E-state index contributed by atoms with van der Waals surface area (Å²) < 4.78 is 0. The Morgan fingerprint density at radius 2 is 0.929 bits per heavy atom. The van der Waals surface area contributed by atoms with Crippen molar-refractivity contribution >= 4 is 38.4 Å². The first-order valence-electron chi connectivity index (χ1n) is 8.98. The summed E-state index contributed by atoms with van der Waals surface area (Å²) in [5.41, 5.74) is 0. The molecule has 0 bridgehead atoms. The van der Waals surface area contributed by atoms with E-state index in [1.54, 1.807) is 6.07 Å². The van der Waals surface area contributed by atoms with Gasteiger partial charge < -0.3 is 0 Å². The van der Waals surface area contributed by atoms with Crippen LogP contribution in [0.1, 0.15) is 0 Å². The van der Waals surface area contributed by atoms with E-state index in [0.29, 0.717) is 5.30 Å². The zero-order valence-electron chi connectivity index (χ0n) is 15.1. The molecule has 2 N–H and O–H groups in total. The van der Waals surface area contributed by atoms with Crippen LogP contribution in [0.15, 0.2) is 109 Å². The molecular weight excluding hydrogens is 387 g/mol. The van der Waals surface area contributed by atoms with Gasteiger partial charge in [0, 0.05) is 0 Å². The summed E-state index contributed by atoms with van der Waals surface area (Å²) in [6, 6.07) is 34.1. The molecule has 4 aromatic carbocycles. The Morgan fingerprint density at radius 3 is 1.32 bits per heavy atom. The fourth-order valence-corrected chi connectivity index (χ4v) is 10.1. The molecule has 0 saturated carbocycles. The Balaban J connectivity index is 2.28. The van der Waals surface area contributed by atoms with E-state index >= 15 is 0 Å². The maximum atomic E-state index is 11.0. The second-order valence-electron chi connectivity index (χ2n) is 6.69. The Labute approximate surface area is 169 Å². The first kappa shape index (κ1) is 18.6. The van der Waals surface area contributed by atoms with E-state index in [-0.39, 0.29) is 11.5 Å². The van der Waals surface area contributed by atoms with Gasteiger partial charge in [0.2, 0.25) is 0 Å². The number of phenolic OH excluding ortho intramolecular Hbond substituents is 2. The molecule has 0 saturated heterocycles. The Bertz CT molecular complexity index is 1000. The normalized spacial score (nSPS) is 12.8. The first-order chi connectivity index (χ1) is 13.6. The quantitative estimate of drug-likeness (QED) is 0.389. The third-order valence-corrected chi connectivity index (χ3v) is 12.5. The van der Waals surface area contributed by atoms with Crippen LogP contribution in [0.2, 0.25) is 0 Å². The predicted molar refractivity (Wildman–Crippen MR) is 120 cm³/mol. The number of halogens is 1. The fraction of sp³-hybridized carbons (Fsp3) is 0. The van der Waals surface area contributed by atoms with Gasteiger partial charge in [-0.2, -0.15) is 0 Å². The van der Waals surface area contributed by atoms with Crippen molar-refractivity contribution in [3.8, 4) is 11.5 Å². The number of hydrogen-bond acceptors (Lipinski definition) is 2. The molecule has 0 aromatic heterocycles. The van der Waals surface area contributed by atoms with Crippen LogP contribution in [0.3, 0.4) is 0 Å². The van der Waals surface area contributed by atoms with Crippen molar-refractivity contribution in [3.05, 3.63) is 109 Å². The van der Waals surface area contributed by atoms with Crippen LogP contribution in [0.4, 0.5) is 0 Å². The molecule has 0 radical (unpaired) electrons. The van der Waals surface area contributed by atoms with Crippen LogP contribution < -0.4 is 21.2 Å². The van der Waals surface area contributed by atoms with Crippen LogP contribution in [0, 0.1) is 0 Å². The van der Waals surface area contributed by atoms with Gasteiger partial charge in [-0.05, 0) is 0 Å². The van der Waals surface area contributed by atoms with E-state index in [9.17, 15) is 10.2 Å². The average Bonchev–Trinajstić information content (AvgIpc) is 2.77. The molecule has 2 nitrogen and oxygen atoms in total. The van der Waals surface area contributed by atoms with Gasteiger partial charge in [0.25, 0.3) is 0 Å². The van der Waals surface area contributed by atoms with Gasteiger partial charge in [0.05, 0.1) is 0 Å². The molecule has 0 atom stereocenters. The average molecular weight is 407 g/mol. The minimum atomic E-state index is -3.84. The summed E-state index contributed by atoms with van der Waals surface area (Å²) in [5, 5.41) is 24.5. The van der Waals surface area contributed by atoms with Crippen molar-refractivity contribution in [2.45, 2.75) is 0 Å². The van der Waals surface area contributed by atoms with E-state index in [1.165, 1.54) is 12.1 Å². The van der Waals surface area contributed by atoms with Gasteiger partial charge in [-0.3, -0.25) is 0 Å². The third kappa shape index (κ3) is 2.61. The van der Waals surface area contributed by atoms with Gasteiger partial charge >= 0.3 is 169 Å². The number of aromatic hydroxyl groups is 2. The van der Waals surface area contributed by atoms with Crippen LogP contribution >= 0.6 is 17.2 Å². The molecule has 0 heterocycles. The number of benzene rings is 4. The van der Waals surface area contributed by atoms with Gasteiger partial charge in [0.15, 0.2) is 0 Å². The second kappa shape index (κ2) is 6.98. The van der Waals surface area contributed by atoms with Gasteiger partial charge in [-0.15, -0.1) is 0 Å². The number of rotatable bonds is 4. The topological polar surface area (TPSA) is 40.5 Å². The summed E-state index contributed by atoms with van der Waals surface area (Å²) in [5.74, 6) is -3.72. The summed E-state index contributed by atoms with van der Waals surface area (Å²) in [6.07, 6.45) is 0. The van der Waals surface area contributed by atoms with Crippen LogP contribution in [0.5, 0.6) is 11.5 Å². The molecule has 140 valence electrons. The molecule has 4 rings (SSSR count). The SMILES string of the molecule is Oc1ccc(O)c(P(Cl)(c2ccccc2)(c2ccccc2)c2ccccc2)c1. The zero-order valence-corrected chi connectivity index (χ0v) is 16.8. The first-order valence-corrected chi connectivity index (χ1v) is 12.1. The van der Waals surface area contributed by atoms with Gasteiger partial charge in [-0.1, -0.05) is 0 Å². The van der Waals surface area contributed by atoms with Crippen LogP contribution in [0.25, 0.3) is 0 Å². The minimum absolute atomic E-state index is 0.0574. The maximum absolute atomic E-state index is 11.0. The molecule has 0 aliphatic rings. The number of hydrogen-bond donors (Lipinski definition) is 2. The second-order valence-corrected chi connectivity index (χ2v) is 12.8. The molecule has 0 fully saturated rings. The van der Waals surface area contributed by atoms with Crippen molar-refractivity contribution in [2.75, 3.05) is 0 Å². The van der Waals surface area contributed by atoms with Crippen molar-refractivity contribution in [3.63, 3.8) is 0 Å². The summed E-state index contributed by atoms with van der Waals surface area (Å²) in [7, 11) is 0. The molecule has 0 unspecified atom stereocenters. The van der Waals surface area contributed by atoms with Crippen LogP contribution in [-0.4, -0.2) is 10.2 Å². The standard InChI is InChI=1S/C24H20ClO2P/c25-28(20-10-4-1-5-11-20,21-12-6-2-7-13-21,22-14-8-3-9-15-22)24-18-19(26)16-17-23(24)27/h1-18,26-27H. The predicted octanol–water partition coefficient (Wildman–Crippen LogP) is 4.41. The molecule has 0 aliphatic heterocycles. The summed E-state index contributed by atoms with van der Waals surface area (Å²) in [6.45, 7) is 0. The third-order valence-electron chi connectivity index (χ3n) is 5.13. The van der Waals surface area contributed by atoms with Crippen molar-refractivity contribution in [1.29, 1.82) is 0 Å². The Morgan fingerprint density at radius 1 is 0.536 bits per heavy atom. The fourth-order valence-electron chi connectivity index (χ4n) is 3.84. The number of phenols is 2. The summed E-state index contributed by atoms with van der Waals surface area (Å²) >= 11 is 7.94. The monoisotopic (exact) mass is 406 g/mol. The zero-order chi connectivity index (χ0) is 19.6. The molecular formula is C24H20ClO2P. The van der Waals surface area contributed by atoms with Crippen molar-refractivity contribution < 1.29 is 10.2 Å². The van der Waals surface area contributed by atoms with Crippen LogP contribution in [-0.2, 0) is 0 Å². The van der Waals surface area contributed by atoms with Crippen molar-refractivity contribution in [2.24, 2.45) is 0 Å². The van der Waals surface area contributed by atoms with E-state index in [2.05, 4.69) is 0 Å². The van der Waals surface area contributed by atoms with Crippen molar-refractivity contribution in [1.82, 2.24) is 0 Å². The molecule has 4 aromatic rings. The molecule has 28 heavy (non-hydrogen) atoms. The van der Waals surface area contributed by atoms with Gasteiger partial charge in [-0.25, -0.2) is 0 Å². The molecule has 0 spiro atoms.